The molecule has 2 aromatic carbocycles. The third-order valence-electron chi connectivity index (χ3n) is 5.72. The SMILES string of the molecule is O=c1n(Cc2nc3n(n2)-c2c(F)cccc2C[C@@H]3O)nc(-c2ccc(Cl)cc2)n1C[C@H](O)C(F)(F)F. The van der Waals surface area contributed by atoms with Crippen molar-refractivity contribution in [3.63, 3.8) is 0 Å². The summed E-state index contributed by atoms with van der Waals surface area (Å²) in [5.41, 5.74) is -0.0417. The number of nitrogens with zero attached hydrogens (tertiary/aromatic N) is 6. The van der Waals surface area contributed by atoms with Gasteiger partial charge in [0.2, 0.25) is 0 Å². The Kier molecular flexibility index (Phi) is 5.93. The lowest BCUT2D eigenvalue weighted by molar-refractivity contribution is -0.207. The summed E-state index contributed by atoms with van der Waals surface area (Å²) in [6, 6.07) is 10.3. The van der Waals surface area contributed by atoms with E-state index in [4.69, 9.17) is 11.6 Å². The molecule has 1 aliphatic rings. The molecule has 2 N–H and O–H groups in total. The van der Waals surface area contributed by atoms with Crippen molar-refractivity contribution in [2.45, 2.75) is 37.9 Å². The van der Waals surface area contributed by atoms with Gasteiger partial charge < -0.3 is 10.2 Å². The van der Waals surface area contributed by atoms with Crippen LogP contribution in [0.25, 0.3) is 17.1 Å². The Bertz CT molecular complexity index is 1500. The van der Waals surface area contributed by atoms with Crippen LogP contribution >= 0.6 is 11.6 Å². The standard InChI is InChI=1S/C22H17ClF4N6O3/c23-13-6-4-11(5-7-13)19-30-32(21(36)31(19)9-16(35)22(25,26)27)10-17-28-20-15(34)8-12-2-1-3-14(24)18(12)33(20)29-17/h1-7,15-16,34-35H,8-10H2/t15-,16-/m0/s1. The van der Waals surface area contributed by atoms with Crippen molar-refractivity contribution in [3.05, 3.63) is 81.0 Å². The van der Waals surface area contributed by atoms with Gasteiger partial charge in [0.15, 0.2) is 23.6 Å². The van der Waals surface area contributed by atoms with Gasteiger partial charge in [0.25, 0.3) is 0 Å². The van der Waals surface area contributed by atoms with E-state index in [9.17, 15) is 32.6 Å². The normalized spacial score (nSPS) is 16.0. The molecule has 0 bridgehead atoms. The van der Waals surface area contributed by atoms with Gasteiger partial charge in [0, 0.05) is 17.0 Å². The molecule has 0 aliphatic carbocycles. The summed E-state index contributed by atoms with van der Waals surface area (Å²) < 4.78 is 56.3. The van der Waals surface area contributed by atoms with Crippen molar-refractivity contribution < 1.29 is 27.8 Å². The van der Waals surface area contributed by atoms with Crippen molar-refractivity contribution in [1.29, 1.82) is 0 Å². The minimum absolute atomic E-state index is 0.0223. The van der Waals surface area contributed by atoms with Crippen molar-refractivity contribution in [1.82, 2.24) is 29.1 Å². The molecule has 4 aromatic rings. The van der Waals surface area contributed by atoms with Gasteiger partial charge in [-0.1, -0.05) is 23.7 Å². The van der Waals surface area contributed by atoms with Gasteiger partial charge in [-0.25, -0.2) is 23.5 Å². The highest BCUT2D eigenvalue weighted by Gasteiger charge is 2.39. The molecule has 36 heavy (non-hydrogen) atoms. The highest BCUT2D eigenvalue weighted by molar-refractivity contribution is 6.30. The van der Waals surface area contributed by atoms with Gasteiger partial charge in [0.05, 0.1) is 6.54 Å². The Labute approximate surface area is 204 Å². The number of benzene rings is 2. The van der Waals surface area contributed by atoms with Crippen LogP contribution in [0.4, 0.5) is 17.6 Å². The third kappa shape index (κ3) is 4.29. The second-order valence-corrected chi connectivity index (χ2v) is 8.64. The predicted molar refractivity (Wildman–Crippen MR) is 118 cm³/mol. The molecule has 3 heterocycles. The number of alkyl halides is 3. The first-order valence-corrected chi connectivity index (χ1v) is 11.0. The van der Waals surface area contributed by atoms with Crippen LogP contribution in [0.15, 0.2) is 47.3 Å². The van der Waals surface area contributed by atoms with Crippen LogP contribution in [0.3, 0.4) is 0 Å². The van der Waals surface area contributed by atoms with E-state index in [0.717, 1.165) is 9.36 Å². The lowest BCUT2D eigenvalue weighted by Crippen LogP contribution is -2.37. The first kappa shape index (κ1) is 24.2. The Morgan fingerprint density at radius 1 is 1.14 bits per heavy atom. The molecule has 188 valence electrons. The highest BCUT2D eigenvalue weighted by atomic mass is 35.5. The summed E-state index contributed by atoms with van der Waals surface area (Å²) >= 11 is 5.89. The van der Waals surface area contributed by atoms with E-state index >= 15 is 0 Å². The first-order valence-electron chi connectivity index (χ1n) is 10.6. The van der Waals surface area contributed by atoms with E-state index in [0.29, 0.717) is 15.2 Å². The van der Waals surface area contributed by atoms with E-state index in [2.05, 4.69) is 15.2 Å². The number of aromatic nitrogens is 6. The molecule has 0 spiro atoms. The molecule has 0 saturated carbocycles. The fourth-order valence-electron chi connectivity index (χ4n) is 4.01. The number of aliphatic hydroxyl groups excluding tert-OH is 2. The van der Waals surface area contributed by atoms with Gasteiger partial charge in [0.1, 0.15) is 24.2 Å². The van der Waals surface area contributed by atoms with Crippen molar-refractivity contribution in [3.8, 4) is 17.1 Å². The van der Waals surface area contributed by atoms with Gasteiger partial charge in [-0.2, -0.15) is 13.2 Å². The van der Waals surface area contributed by atoms with Crippen LogP contribution in [-0.2, 0) is 19.5 Å². The van der Waals surface area contributed by atoms with Crippen LogP contribution in [0.2, 0.25) is 5.02 Å². The third-order valence-corrected chi connectivity index (χ3v) is 5.97. The Morgan fingerprint density at radius 3 is 2.56 bits per heavy atom. The molecule has 0 fully saturated rings. The van der Waals surface area contributed by atoms with Crippen LogP contribution in [0, 0.1) is 5.82 Å². The molecule has 0 unspecified atom stereocenters. The molecule has 2 aromatic heterocycles. The van der Waals surface area contributed by atoms with Gasteiger partial charge in [-0.05, 0) is 35.9 Å². The highest BCUT2D eigenvalue weighted by Crippen LogP contribution is 2.31. The number of halogens is 5. The fraction of sp³-hybridized carbons (Fsp3) is 0.273. The summed E-state index contributed by atoms with van der Waals surface area (Å²) in [6.45, 7) is -1.48. The smallest absolute Gasteiger partial charge is 0.385 e. The van der Waals surface area contributed by atoms with Crippen molar-refractivity contribution in [2.24, 2.45) is 0 Å². The molecule has 5 rings (SSSR count). The largest absolute Gasteiger partial charge is 0.416 e. The maximum absolute atomic E-state index is 14.5. The number of hydrogen-bond acceptors (Lipinski definition) is 6. The molecule has 1 aliphatic heterocycles. The number of para-hydroxylation sites is 1. The first-order chi connectivity index (χ1) is 17.0. The maximum atomic E-state index is 14.5. The molecule has 0 saturated heterocycles. The minimum atomic E-state index is -4.96. The quantitative estimate of drug-likeness (QED) is 0.388. The summed E-state index contributed by atoms with van der Waals surface area (Å²) in [7, 11) is 0. The lowest BCUT2D eigenvalue weighted by atomic mass is 10.0. The molecular formula is C22H17ClF4N6O3. The predicted octanol–water partition coefficient (Wildman–Crippen LogP) is 2.65. The Morgan fingerprint density at radius 2 is 1.86 bits per heavy atom. The van der Waals surface area contributed by atoms with E-state index in [1.54, 1.807) is 6.07 Å². The van der Waals surface area contributed by atoms with E-state index in [-0.39, 0.29) is 41.7 Å². The molecular weight excluding hydrogens is 508 g/mol. The average Bonchev–Trinajstić information content (AvgIpc) is 3.36. The summed E-state index contributed by atoms with van der Waals surface area (Å²) in [4.78, 5) is 17.3. The molecule has 0 radical (unpaired) electrons. The minimum Gasteiger partial charge on any atom is -0.385 e. The fourth-order valence-corrected chi connectivity index (χ4v) is 4.13. The summed E-state index contributed by atoms with van der Waals surface area (Å²) in [5, 5.41) is 28.8. The van der Waals surface area contributed by atoms with Crippen LogP contribution in [0.1, 0.15) is 23.3 Å². The zero-order chi connectivity index (χ0) is 25.8. The van der Waals surface area contributed by atoms with E-state index in [1.165, 1.54) is 36.4 Å². The van der Waals surface area contributed by atoms with Crippen LogP contribution in [-0.4, -0.2) is 51.6 Å². The topological polar surface area (TPSA) is 111 Å². The molecule has 14 heteroatoms. The zero-order valence-electron chi connectivity index (χ0n) is 18.2. The van der Waals surface area contributed by atoms with Crippen LogP contribution in [0.5, 0.6) is 0 Å². The monoisotopic (exact) mass is 524 g/mol. The molecule has 9 nitrogen and oxygen atoms in total. The average molecular weight is 525 g/mol. The van der Waals surface area contributed by atoms with Crippen molar-refractivity contribution >= 4 is 11.6 Å². The van der Waals surface area contributed by atoms with Crippen molar-refractivity contribution in [2.75, 3.05) is 0 Å². The molecule has 2 atom stereocenters. The Hall–Kier alpha value is -3.55. The lowest BCUT2D eigenvalue weighted by Gasteiger charge is -2.21. The van der Waals surface area contributed by atoms with Gasteiger partial charge in [-0.3, -0.25) is 4.57 Å². The summed E-state index contributed by atoms with van der Waals surface area (Å²) in [5.74, 6) is -0.684. The van der Waals surface area contributed by atoms with Crippen LogP contribution < -0.4 is 5.69 Å². The number of hydrogen-bond donors (Lipinski definition) is 2. The second-order valence-electron chi connectivity index (χ2n) is 8.20. The number of aliphatic hydroxyl groups is 2. The van der Waals surface area contributed by atoms with E-state index < -0.39 is 36.4 Å². The zero-order valence-corrected chi connectivity index (χ0v) is 18.9. The Balaban J connectivity index is 1.56. The van der Waals surface area contributed by atoms with Gasteiger partial charge >= 0.3 is 11.9 Å². The number of fused-ring (bicyclic) bond motifs is 3. The summed E-state index contributed by atoms with van der Waals surface area (Å²) in [6.07, 6.45) is -8.75. The second kappa shape index (κ2) is 8.84. The van der Waals surface area contributed by atoms with E-state index in [1.807, 2.05) is 0 Å². The van der Waals surface area contributed by atoms with Gasteiger partial charge in [-0.15, -0.1) is 10.2 Å². The maximum Gasteiger partial charge on any atom is 0.416 e. The number of rotatable bonds is 5. The molecule has 0 amide bonds.